The predicted octanol–water partition coefficient (Wildman–Crippen LogP) is 1.11. The second-order valence-electron chi connectivity index (χ2n) is 6.38. The first-order valence-corrected chi connectivity index (χ1v) is 8.66. The van der Waals surface area contributed by atoms with E-state index in [1.54, 1.807) is 14.2 Å². The van der Waals surface area contributed by atoms with Crippen LogP contribution in [0.4, 0.5) is 0 Å². The van der Waals surface area contributed by atoms with Gasteiger partial charge < -0.3 is 19.5 Å². The van der Waals surface area contributed by atoms with Gasteiger partial charge in [0.15, 0.2) is 17.2 Å². The van der Waals surface area contributed by atoms with Gasteiger partial charge in [0.25, 0.3) is 5.91 Å². The van der Waals surface area contributed by atoms with Gasteiger partial charge in [0.2, 0.25) is 0 Å². The van der Waals surface area contributed by atoms with Crippen LogP contribution in [-0.4, -0.2) is 54.9 Å². The molecule has 0 radical (unpaired) electrons. The number of methoxy groups -OCH3 is 1. The van der Waals surface area contributed by atoms with E-state index in [2.05, 4.69) is 20.4 Å². The zero-order chi connectivity index (χ0) is 18.1. The Hall–Kier alpha value is -2.74. The van der Waals surface area contributed by atoms with Gasteiger partial charge in [0.05, 0.1) is 7.11 Å². The lowest BCUT2D eigenvalue weighted by molar-refractivity contribution is 0.0955. The molecule has 138 valence electrons. The Morgan fingerprint density at radius 2 is 2.12 bits per heavy atom. The Morgan fingerprint density at radius 1 is 1.35 bits per heavy atom. The average molecular weight is 358 g/mol. The molecule has 1 aromatic carbocycles. The number of benzene rings is 1. The molecule has 0 atom stereocenters. The minimum atomic E-state index is -0.165. The Balaban J connectivity index is 1.57. The average Bonchev–Trinajstić information content (AvgIpc) is 3.10. The molecule has 4 rings (SSSR count). The lowest BCUT2D eigenvalue weighted by Gasteiger charge is -2.28. The SMILES string of the molecule is CNC(=O)c1n[nH]c2c1CN(Cc1cc3c(cc1OC)OCCO3)CC2. The maximum Gasteiger partial charge on any atom is 0.271 e. The molecule has 2 aliphatic heterocycles. The summed E-state index contributed by atoms with van der Waals surface area (Å²) in [6.45, 7) is 3.33. The molecule has 0 saturated heterocycles. The molecule has 0 spiro atoms. The third-order valence-electron chi connectivity index (χ3n) is 4.79. The van der Waals surface area contributed by atoms with Crippen LogP contribution in [0, 0.1) is 0 Å². The fourth-order valence-corrected chi connectivity index (χ4v) is 3.46. The Kier molecular flexibility index (Phi) is 4.42. The smallest absolute Gasteiger partial charge is 0.271 e. The van der Waals surface area contributed by atoms with Crippen molar-refractivity contribution in [1.29, 1.82) is 0 Å². The maximum absolute atomic E-state index is 12.0. The maximum atomic E-state index is 12.0. The largest absolute Gasteiger partial charge is 0.496 e. The van der Waals surface area contributed by atoms with Gasteiger partial charge in [0, 0.05) is 56.0 Å². The van der Waals surface area contributed by atoms with Crippen LogP contribution >= 0.6 is 0 Å². The first-order valence-electron chi connectivity index (χ1n) is 8.66. The van der Waals surface area contributed by atoms with Gasteiger partial charge in [-0.15, -0.1) is 0 Å². The molecular formula is C18H22N4O4. The van der Waals surface area contributed by atoms with Gasteiger partial charge in [-0.2, -0.15) is 5.10 Å². The number of rotatable bonds is 4. The molecule has 0 bridgehead atoms. The lowest BCUT2D eigenvalue weighted by Crippen LogP contribution is -2.31. The molecule has 3 heterocycles. The normalized spacial score (nSPS) is 16.1. The van der Waals surface area contributed by atoms with Gasteiger partial charge in [0.1, 0.15) is 19.0 Å². The number of hydrogen-bond acceptors (Lipinski definition) is 6. The summed E-state index contributed by atoms with van der Waals surface area (Å²) in [4.78, 5) is 14.3. The van der Waals surface area contributed by atoms with E-state index in [0.717, 1.165) is 47.0 Å². The molecule has 2 N–H and O–H groups in total. The fourth-order valence-electron chi connectivity index (χ4n) is 3.46. The van der Waals surface area contributed by atoms with Crippen LogP contribution in [0.5, 0.6) is 17.2 Å². The van der Waals surface area contributed by atoms with E-state index in [0.29, 0.717) is 32.0 Å². The van der Waals surface area contributed by atoms with Crippen LogP contribution in [0.15, 0.2) is 12.1 Å². The lowest BCUT2D eigenvalue weighted by atomic mass is 10.0. The van der Waals surface area contributed by atoms with Crippen molar-refractivity contribution in [3.8, 4) is 17.2 Å². The van der Waals surface area contributed by atoms with Gasteiger partial charge in [-0.3, -0.25) is 14.8 Å². The van der Waals surface area contributed by atoms with E-state index in [9.17, 15) is 4.79 Å². The summed E-state index contributed by atoms with van der Waals surface area (Å²) >= 11 is 0. The number of aromatic nitrogens is 2. The molecule has 2 aliphatic rings. The van der Waals surface area contributed by atoms with Crippen LogP contribution in [0.2, 0.25) is 0 Å². The van der Waals surface area contributed by atoms with Crippen molar-refractivity contribution in [2.45, 2.75) is 19.5 Å². The molecule has 0 unspecified atom stereocenters. The number of carbonyl (C=O) groups is 1. The number of ether oxygens (including phenoxy) is 3. The highest BCUT2D eigenvalue weighted by atomic mass is 16.6. The summed E-state index contributed by atoms with van der Waals surface area (Å²) in [5.41, 5.74) is 3.51. The van der Waals surface area contributed by atoms with Gasteiger partial charge in [-0.25, -0.2) is 0 Å². The van der Waals surface area contributed by atoms with Gasteiger partial charge in [-0.1, -0.05) is 0 Å². The highest BCUT2D eigenvalue weighted by molar-refractivity contribution is 5.93. The van der Waals surface area contributed by atoms with E-state index in [1.165, 1.54) is 0 Å². The zero-order valence-electron chi connectivity index (χ0n) is 14.9. The van der Waals surface area contributed by atoms with Crippen molar-refractivity contribution < 1.29 is 19.0 Å². The quantitative estimate of drug-likeness (QED) is 0.851. The third-order valence-corrected chi connectivity index (χ3v) is 4.79. The zero-order valence-corrected chi connectivity index (χ0v) is 14.9. The predicted molar refractivity (Wildman–Crippen MR) is 93.8 cm³/mol. The monoisotopic (exact) mass is 358 g/mol. The molecule has 1 amide bonds. The fraction of sp³-hybridized carbons (Fsp3) is 0.444. The molecule has 2 aromatic rings. The molecular weight excluding hydrogens is 336 g/mol. The van der Waals surface area contributed by atoms with Crippen molar-refractivity contribution >= 4 is 5.91 Å². The van der Waals surface area contributed by atoms with E-state index in [1.807, 2.05) is 12.1 Å². The molecule has 8 nitrogen and oxygen atoms in total. The summed E-state index contributed by atoms with van der Waals surface area (Å²) < 4.78 is 16.9. The van der Waals surface area contributed by atoms with Crippen molar-refractivity contribution in [1.82, 2.24) is 20.4 Å². The number of H-pyrrole nitrogens is 1. The summed E-state index contributed by atoms with van der Waals surface area (Å²) in [6.07, 6.45) is 0.826. The van der Waals surface area contributed by atoms with E-state index < -0.39 is 0 Å². The number of carbonyl (C=O) groups excluding carboxylic acids is 1. The second-order valence-corrected chi connectivity index (χ2v) is 6.38. The number of hydrogen-bond donors (Lipinski definition) is 2. The molecule has 0 fully saturated rings. The standard InChI is InChI=1S/C18H22N4O4/c1-19-18(23)17-12-10-22(4-3-13(12)20-21-17)9-11-7-15-16(8-14(11)24-2)26-6-5-25-15/h7-8H,3-6,9-10H2,1-2H3,(H,19,23)(H,20,21). The van der Waals surface area contributed by atoms with Crippen LogP contribution < -0.4 is 19.5 Å². The molecule has 26 heavy (non-hydrogen) atoms. The highest BCUT2D eigenvalue weighted by Gasteiger charge is 2.26. The number of nitrogens with one attached hydrogen (secondary N) is 2. The van der Waals surface area contributed by atoms with Crippen LogP contribution in [0.25, 0.3) is 0 Å². The number of amides is 1. The Bertz CT molecular complexity index is 833. The summed E-state index contributed by atoms with van der Waals surface area (Å²) in [7, 11) is 3.27. The topological polar surface area (TPSA) is 88.7 Å². The summed E-state index contributed by atoms with van der Waals surface area (Å²) in [5.74, 6) is 2.08. The molecule has 0 saturated carbocycles. The van der Waals surface area contributed by atoms with E-state index >= 15 is 0 Å². The molecule has 8 heteroatoms. The van der Waals surface area contributed by atoms with Crippen molar-refractivity contribution in [2.75, 3.05) is 33.9 Å². The number of aromatic amines is 1. The third kappa shape index (κ3) is 2.96. The Labute approximate surface area is 151 Å². The first kappa shape index (κ1) is 16.7. The second kappa shape index (κ2) is 6.87. The Morgan fingerprint density at radius 3 is 2.85 bits per heavy atom. The summed E-state index contributed by atoms with van der Waals surface area (Å²) in [5, 5.41) is 9.81. The van der Waals surface area contributed by atoms with Gasteiger partial charge in [-0.05, 0) is 6.07 Å². The van der Waals surface area contributed by atoms with E-state index in [-0.39, 0.29) is 5.91 Å². The highest BCUT2D eigenvalue weighted by Crippen LogP contribution is 2.37. The minimum Gasteiger partial charge on any atom is -0.496 e. The van der Waals surface area contributed by atoms with Gasteiger partial charge >= 0.3 is 0 Å². The van der Waals surface area contributed by atoms with Crippen molar-refractivity contribution in [3.05, 3.63) is 34.6 Å². The summed E-state index contributed by atoms with van der Waals surface area (Å²) in [6, 6.07) is 3.87. The van der Waals surface area contributed by atoms with Crippen LogP contribution in [-0.2, 0) is 19.5 Å². The molecule has 1 aromatic heterocycles. The number of nitrogens with zero attached hydrogens (tertiary/aromatic N) is 2. The number of fused-ring (bicyclic) bond motifs is 2. The molecule has 0 aliphatic carbocycles. The van der Waals surface area contributed by atoms with E-state index in [4.69, 9.17) is 14.2 Å². The van der Waals surface area contributed by atoms with Crippen LogP contribution in [0.3, 0.4) is 0 Å². The van der Waals surface area contributed by atoms with Crippen molar-refractivity contribution in [3.63, 3.8) is 0 Å². The van der Waals surface area contributed by atoms with Crippen LogP contribution in [0.1, 0.15) is 27.3 Å². The minimum absolute atomic E-state index is 0.165. The first-order chi connectivity index (χ1) is 12.7. The van der Waals surface area contributed by atoms with Crippen molar-refractivity contribution in [2.24, 2.45) is 0 Å².